The van der Waals surface area contributed by atoms with Gasteiger partial charge < -0.3 is 5.32 Å². The molecule has 100 valence electrons. The fourth-order valence-corrected chi connectivity index (χ4v) is 3.17. The Balaban J connectivity index is 0.00000120. The first-order valence-electron chi connectivity index (χ1n) is 6.68. The molecule has 0 aliphatic carbocycles. The van der Waals surface area contributed by atoms with E-state index in [-0.39, 0.29) is 12.4 Å². The zero-order valence-corrected chi connectivity index (χ0v) is 11.7. The van der Waals surface area contributed by atoms with E-state index in [4.69, 9.17) is 0 Å². The number of aromatic nitrogens is 1. The minimum Gasteiger partial charge on any atom is -0.314 e. The van der Waals surface area contributed by atoms with Gasteiger partial charge in [0.25, 0.3) is 0 Å². The van der Waals surface area contributed by atoms with Crippen molar-refractivity contribution in [3.63, 3.8) is 0 Å². The van der Waals surface area contributed by atoms with Crippen molar-refractivity contribution < 1.29 is 0 Å². The van der Waals surface area contributed by atoms with Crippen LogP contribution in [0.15, 0.2) is 18.5 Å². The molecule has 2 fully saturated rings. The Labute approximate surface area is 115 Å². The highest BCUT2D eigenvalue weighted by atomic mass is 35.5. The molecule has 2 aliphatic rings. The van der Waals surface area contributed by atoms with Gasteiger partial charge in [-0.1, -0.05) is 0 Å². The highest BCUT2D eigenvalue weighted by molar-refractivity contribution is 5.85. The van der Waals surface area contributed by atoms with Crippen LogP contribution in [0, 0.1) is 12.8 Å². The molecular formula is C14H22ClN3. The van der Waals surface area contributed by atoms with Gasteiger partial charge in [-0.3, -0.25) is 9.88 Å². The zero-order valence-electron chi connectivity index (χ0n) is 10.9. The first kappa shape index (κ1) is 13.8. The summed E-state index contributed by atoms with van der Waals surface area (Å²) in [6.45, 7) is 6.95. The van der Waals surface area contributed by atoms with Crippen molar-refractivity contribution in [3.05, 3.63) is 29.6 Å². The average Bonchev–Trinajstić information content (AvgIpc) is 2.79. The smallest absolute Gasteiger partial charge is 0.0315 e. The number of hydrogen-bond acceptors (Lipinski definition) is 3. The van der Waals surface area contributed by atoms with Crippen molar-refractivity contribution >= 4 is 12.4 Å². The summed E-state index contributed by atoms with van der Waals surface area (Å²) in [5.41, 5.74) is 2.75. The maximum atomic E-state index is 4.24. The molecule has 0 aromatic carbocycles. The summed E-state index contributed by atoms with van der Waals surface area (Å²) in [6.07, 6.45) is 6.57. The fourth-order valence-electron chi connectivity index (χ4n) is 3.17. The molecule has 2 saturated heterocycles. The van der Waals surface area contributed by atoms with Gasteiger partial charge in [-0.25, -0.2) is 0 Å². The Morgan fingerprint density at radius 3 is 3.17 bits per heavy atom. The van der Waals surface area contributed by atoms with Crippen LogP contribution >= 0.6 is 12.4 Å². The summed E-state index contributed by atoms with van der Waals surface area (Å²) in [5.74, 6) is 0.876. The number of nitrogens with one attached hydrogen (secondary N) is 1. The molecule has 1 aromatic rings. The second-order valence-electron chi connectivity index (χ2n) is 5.44. The van der Waals surface area contributed by atoms with E-state index >= 15 is 0 Å². The number of nitrogens with zero attached hydrogens (tertiary/aromatic N) is 2. The number of rotatable bonds is 2. The molecule has 0 saturated carbocycles. The van der Waals surface area contributed by atoms with Gasteiger partial charge in [0.05, 0.1) is 0 Å². The van der Waals surface area contributed by atoms with Crippen LogP contribution in [-0.2, 0) is 6.54 Å². The van der Waals surface area contributed by atoms with E-state index in [2.05, 4.69) is 28.2 Å². The Bertz CT molecular complexity index is 396. The van der Waals surface area contributed by atoms with Crippen molar-refractivity contribution in [2.24, 2.45) is 5.92 Å². The third-order valence-corrected chi connectivity index (χ3v) is 4.28. The molecule has 1 aromatic heterocycles. The molecule has 2 aliphatic heterocycles. The van der Waals surface area contributed by atoms with Crippen LogP contribution in [0.25, 0.3) is 0 Å². The van der Waals surface area contributed by atoms with E-state index in [1.807, 2.05) is 12.4 Å². The minimum absolute atomic E-state index is 0. The van der Waals surface area contributed by atoms with Crippen LogP contribution in [0.5, 0.6) is 0 Å². The van der Waals surface area contributed by atoms with Crippen molar-refractivity contribution in [2.45, 2.75) is 32.4 Å². The molecule has 0 amide bonds. The molecule has 2 atom stereocenters. The van der Waals surface area contributed by atoms with E-state index in [0.717, 1.165) is 18.5 Å². The Hall–Kier alpha value is -0.640. The minimum atomic E-state index is 0. The van der Waals surface area contributed by atoms with Crippen LogP contribution in [0.3, 0.4) is 0 Å². The predicted octanol–water partition coefficient (Wildman–Crippen LogP) is 2.00. The first-order chi connectivity index (χ1) is 8.33. The Morgan fingerprint density at radius 1 is 1.44 bits per heavy atom. The maximum Gasteiger partial charge on any atom is 0.0315 e. The molecule has 4 heteroatoms. The number of piperidine rings is 1. The molecular weight excluding hydrogens is 246 g/mol. The fraction of sp³-hybridized carbons (Fsp3) is 0.643. The van der Waals surface area contributed by atoms with Gasteiger partial charge in [0, 0.05) is 31.5 Å². The summed E-state index contributed by atoms with van der Waals surface area (Å²) in [4.78, 5) is 6.83. The van der Waals surface area contributed by atoms with Gasteiger partial charge in [-0.2, -0.15) is 0 Å². The maximum absolute atomic E-state index is 4.24. The SMILES string of the molecule is Cc1ccncc1CN1CCC2NCCC2C1.Cl. The molecule has 1 N–H and O–H groups in total. The van der Waals surface area contributed by atoms with Gasteiger partial charge in [-0.15, -0.1) is 12.4 Å². The zero-order chi connectivity index (χ0) is 11.7. The van der Waals surface area contributed by atoms with Gasteiger partial charge in [0.2, 0.25) is 0 Å². The molecule has 18 heavy (non-hydrogen) atoms. The third kappa shape index (κ3) is 2.85. The van der Waals surface area contributed by atoms with Crippen LogP contribution in [0.4, 0.5) is 0 Å². The second-order valence-corrected chi connectivity index (χ2v) is 5.44. The summed E-state index contributed by atoms with van der Waals surface area (Å²) < 4.78 is 0. The molecule has 3 heterocycles. The molecule has 0 bridgehead atoms. The van der Waals surface area contributed by atoms with Gasteiger partial charge in [0.15, 0.2) is 0 Å². The van der Waals surface area contributed by atoms with Crippen LogP contribution in [0.2, 0.25) is 0 Å². The van der Waals surface area contributed by atoms with E-state index in [1.54, 1.807) is 0 Å². The standard InChI is InChI=1S/C14H21N3.ClH/c1-11-2-5-15-8-13(11)10-17-7-4-14-12(9-17)3-6-16-14;/h2,5,8,12,14,16H,3-4,6-7,9-10H2,1H3;1H. The predicted molar refractivity (Wildman–Crippen MR) is 76.0 cm³/mol. The number of halogens is 1. The van der Waals surface area contributed by atoms with Crippen molar-refractivity contribution in [1.29, 1.82) is 0 Å². The van der Waals surface area contributed by atoms with E-state index < -0.39 is 0 Å². The normalized spacial score (nSPS) is 27.6. The molecule has 2 unspecified atom stereocenters. The lowest BCUT2D eigenvalue weighted by atomic mass is 9.93. The molecule has 3 nitrogen and oxygen atoms in total. The molecule has 0 radical (unpaired) electrons. The largest absolute Gasteiger partial charge is 0.314 e. The highest BCUT2D eigenvalue weighted by Gasteiger charge is 2.32. The summed E-state index contributed by atoms with van der Waals surface area (Å²) in [7, 11) is 0. The molecule has 0 spiro atoms. The quantitative estimate of drug-likeness (QED) is 0.888. The van der Waals surface area contributed by atoms with Crippen LogP contribution in [-0.4, -0.2) is 35.6 Å². The number of aryl methyl sites for hydroxylation is 1. The van der Waals surface area contributed by atoms with Crippen LogP contribution < -0.4 is 5.32 Å². The van der Waals surface area contributed by atoms with E-state index in [9.17, 15) is 0 Å². The summed E-state index contributed by atoms with van der Waals surface area (Å²) in [6, 6.07) is 2.90. The first-order valence-corrected chi connectivity index (χ1v) is 6.68. The lowest BCUT2D eigenvalue weighted by molar-refractivity contribution is 0.155. The number of likely N-dealkylation sites (tertiary alicyclic amines) is 1. The Morgan fingerprint density at radius 2 is 2.33 bits per heavy atom. The van der Waals surface area contributed by atoms with E-state index in [0.29, 0.717) is 0 Å². The van der Waals surface area contributed by atoms with Crippen LogP contribution in [0.1, 0.15) is 24.0 Å². The Kier molecular flexibility index (Phi) is 4.60. The number of hydrogen-bond donors (Lipinski definition) is 1. The second kappa shape index (κ2) is 6.00. The monoisotopic (exact) mass is 267 g/mol. The van der Waals surface area contributed by atoms with E-state index in [1.165, 1.54) is 43.6 Å². The summed E-state index contributed by atoms with van der Waals surface area (Å²) >= 11 is 0. The van der Waals surface area contributed by atoms with Crippen molar-refractivity contribution in [1.82, 2.24) is 15.2 Å². The van der Waals surface area contributed by atoms with Gasteiger partial charge in [0.1, 0.15) is 0 Å². The molecule has 3 rings (SSSR count). The van der Waals surface area contributed by atoms with Crippen molar-refractivity contribution in [3.8, 4) is 0 Å². The third-order valence-electron chi connectivity index (χ3n) is 4.28. The number of fused-ring (bicyclic) bond motifs is 1. The van der Waals surface area contributed by atoms with Gasteiger partial charge in [-0.05, 0) is 56.0 Å². The highest BCUT2D eigenvalue weighted by Crippen LogP contribution is 2.25. The topological polar surface area (TPSA) is 28.2 Å². The number of pyridine rings is 1. The van der Waals surface area contributed by atoms with Crippen molar-refractivity contribution in [2.75, 3.05) is 19.6 Å². The lowest BCUT2D eigenvalue weighted by Crippen LogP contribution is -2.44. The lowest BCUT2D eigenvalue weighted by Gasteiger charge is -2.35. The average molecular weight is 268 g/mol. The summed E-state index contributed by atoms with van der Waals surface area (Å²) in [5, 5.41) is 3.62. The van der Waals surface area contributed by atoms with Gasteiger partial charge >= 0.3 is 0 Å².